The molecule has 3 aromatic carbocycles. The van der Waals surface area contributed by atoms with Crippen LogP contribution in [-0.2, 0) is 0 Å². The molecule has 2 N–H and O–H groups in total. The number of hydrogen-bond acceptors (Lipinski definition) is 4. The molecule has 5 nitrogen and oxygen atoms in total. The predicted octanol–water partition coefficient (Wildman–Crippen LogP) is 5.89. The Kier molecular flexibility index (Phi) is 5.15. The maximum absolute atomic E-state index is 13.0. The zero-order valence-electron chi connectivity index (χ0n) is 18.2. The highest BCUT2D eigenvalue weighted by Gasteiger charge is 2.24. The highest BCUT2D eigenvalue weighted by molar-refractivity contribution is 7.71. The highest BCUT2D eigenvalue weighted by Crippen LogP contribution is 2.38. The number of aromatic hydroxyl groups is 1. The number of fused-ring (bicyclic) bond motifs is 1. The predicted molar refractivity (Wildman–Crippen MR) is 135 cm³/mol. The topological polar surface area (TPSA) is 70.4 Å². The van der Waals surface area contributed by atoms with Crippen molar-refractivity contribution in [2.45, 2.75) is 13.8 Å². The van der Waals surface area contributed by atoms with Crippen molar-refractivity contribution in [3.05, 3.63) is 116 Å². The van der Waals surface area contributed by atoms with Gasteiger partial charge in [-0.1, -0.05) is 60.7 Å². The molecule has 162 valence electrons. The van der Waals surface area contributed by atoms with Gasteiger partial charge in [0.25, 0.3) is 5.56 Å². The molecule has 1 aliphatic heterocycles. The molecule has 5 rings (SSSR count). The van der Waals surface area contributed by atoms with Gasteiger partial charge in [0.15, 0.2) is 4.77 Å². The Morgan fingerprint density at radius 1 is 1.00 bits per heavy atom. The summed E-state index contributed by atoms with van der Waals surface area (Å²) in [4.78, 5) is 20.5. The average Bonchev–Trinajstić information content (AvgIpc) is 3.18. The second kappa shape index (κ2) is 8.15. The first-order valence-corrected chi connectivity index (χ1v) is 11.0. The summed E-state index contributed by atoms with van der Waals surface area (Å²) in [6.45, 7) is 3.91. The van der Waals surface area contributed by atoms with E-state index in [1.54, 1.807) is 6.08 Å². The number of nitrogens with zero attached hydrogens (tertiary/aromatic N) is 2. The van der Waals surface area contributed by atoms with Crippen molar-refractivity contribution in [2.75, 3.05) is 0 Å². The summed E-state index contributed by atoms with van der Waals surface area (Å²) < 4.78 is 1.64. The third-order valence-electron chi connectivity index (χ3n) is 5.74. The fraction of sp³-hybridized carbons (Fsp3) is 0.0741. The van der Waals surface area contributed by atoms with Gasteiger partial charge in [-0.2, -0.15) is 0 Å². The van der Waals surface area contributed by atoms with Crippen LogP contribution in [0.5, 0.6) is 5.88 Å². The molecule has 0 amide bonds. The number of allylic oxidation sites excluding steroid dienone is 1. The monoisotopic (exact) mass is 451 g/mol. The van der Waals surface area contributed by atoms with Crippen LogP contribution in [0.2, 0.25) is 0 Å². The fourth-order valence-electron chi connectivity index (χ4n) is 4.07. The molecular formula is C27H21N3O2S. The Bertz CT molecular complexity index is 1580. The van der Waals surface area contributed by atoms with Crippen molar-refractivity contribution in [2.24, 2.45) is 4.99 Å². The van der Waals surface area contributed by atoms with Crippen molar-refractivity contribution >= 4 is 35.3 Å². The first kappa shape index (κ1) is 20.8. The van der Waals surface area contributed by atoms with Gasteiger partial charge in [-0.3, -0.25) is 14.3 Å². The number of rotatable bonds is 3. The van der Waals surface area contributed by atoms with Crippen molar-refractivity contribution in [1.82, 2.24) is 9.55 Å². The van der Waals surface area contributed by atoms with Gasteiger partial charge in [-0.15, -0.1) is 0 Å². The van der Waals surface area contributed by atoms with E-state index in [0.29, 0.717) is 0 Å². The van der Waals surface area contributed by atoms with Crippen molar-refractivity contribution in [3.8, 4) is 11.6 Å². The second-order valence-electron chi connectivity index (χ2n) is 8.02. The molecule has 0 aliphatic carbocycles. The van der Waals surface area contributed by atoms with Crippen LogP contribution < -0.4 is 5.56 Å². The minimum atomic E-state index is -0.455. The summed E-state index contributed by atoms with van der Waals surface area (Å²) in [6.07, 6.45) is 1.70. The molecule has 2 heterocycles. The molecule has 0 radical (unpaired) electrons. The molecule has 0 fully saturated rings. The van der Waals surface area contributed by atoms with E-state index in [0.717, 1.165) is 44.9 Å². The van der Waals surface area contributed by atoms with Crippen LogP contribution in [-0.4, -0.2) is 20.4 Å². The lowest BCUT2D eigenvalue weighted by atomic mass is 9.96. The molecule has 1 aliphatic rings. The van der Waals surface area contributed by atoms with Crippen molar-refractivity contribution in [1.29, 1.82) is 0 Å². The largest absolute Gasteiger partial charge is 0.494 e. The summed E-state index contributed by atoms with van der Waals surface area (Å²) >= 11 is 5.42. The van der Waals surface area contributed by atoms with Gasteiger partial charge in [0.05, 0.1) is 17.1 Å². The van der Waals surface area contributed by atoms with Gasteiger partial charge >= 0.3 is 0 Å². The maximum atomic E-state index is 13.0. The molecule has 1 aromatic heterocycles. The van der Waals surface area contributed by atoms with Gasteiger partial charge in [0, 0.05) is 16.7 Å². The normalized spacial score (nSPS) is 13.8. The Hall–Kier alpha value is -4.03. The van der Waals surface area contributed by atoms with Crippen LogP contribution in [0.15, 0.2) is 82.6 Å². The quantitative estimate of drug-likeness (QED) is 0.382. The Balaban J connectivity index is 1.77. The molecule has 0 saturated heterocycles. The molecular weight excluding hydrogens is 430 g/mol. The van der Waals surface area contributed by atoms with E-state index in [4.69, 9.17) is 17.2 Å². The van der Waals surface area contributed by atoms with E-state index in [9.17, 15) is 9.90 Å². The molecule has 6 heteroatoms. The molecule has 0 saturated carbocycles. The van der Waals surface area contributed by atoms with E-state index in [1.165, 1.54) is 4.57 Å². The number of nitrogens with one attached hydrogen (secondary N) is 1. The van der Waals surface area contributed by atoms with E-state index in [1.807, 2.05) is 86.6 Å². The first-order chi connectivity index (χ1) is 15.9. The molecule has 33 heavy (non-hydrogen) atoms. The van der Waals surface area contributed by atoms with E-state index >= 15 is 0 Å². The Morgan fingerprint density at radius 2 is 1.73 bits per heavy atom. The van der Waals surface area contributed by atoms with E-state index in [-0.39, 0.29) is 16.2 Å². The third-order valence-corrected chi connectivity index (χ3v) is 6.03. The van der Waals surface area contributed by atoms with Gasteiger partial charge in [-0.25, -0.2) is 4.99 Å². The van der Waals surface area contributed by atoms with Crippen LogP contribution >= 0.6 is 12.2 Å². The van der Waals surface area contributed by atoms with Crippen molar-refractivity contribution in [3.63, 3.8) is 0 Å². The Morgan fingerprint density at radius 3 is 2.52 bits per heavy atom. The van der Waals surface area contributed by atoms with Gasteiger partial charge in [0.2, 0.25) is 5.88 Å². The smallest absolute Gasteiger partial charge is 0.262 e. The number of benzene rings is 3. The van der Waals surface area contributed by atoms with Crippen LogP contribution in [0.25, 0.3) is 17.3 Å². The summed E-state index contributed by atoms with van der Waals surface area (Å²) in [6, 6.07) is 23.4. The first-order valence-electron chi connectivity index (χ1n) is 10.6. The standard InChI is InChI=1S/C27H21N3O2S/c1-16-12-13-17(2)23(14-16)30-26(32)21(25(31)29-27(30)33)15-20-19-10-6-7-11-22(19)28-24(20)18-8-4-3-5-9-18/h3-15,32H,1-2H3,(H,29,31,33)/b20-15-. The van der Waals surface area contributed by atoms with Crippen LogP contribution in [0.4, 0.5) is 5.69 Å². The summed E-state index contributed by atoms with van der Waals surface area (Å²) in [7, 11) is 0. The van der Waals surface area contributed by atoms with Gasteiger partial charge < -0.3 is 5.11 Å². The molecule has 0 bridgehead atoms. The summed E-state index contributed by atoms with van der Waals surface area (Å²) in [5, 5.41) is 11.3. The third kappa shape index (κ3) is 3.64. The highest BCUT2D eigenvalue weighted by atomic mass is 32.1. The Labute approximate surface area is 196 Å². The van der Waals surface area contributed by atoms with E-state index < -0.39 is 5.56 Å². The molecule has 0 unspecified atom stereocenters. The van der Waals surface area contributed by atoms with Crippen molar-refractivity contribution < 1.29 is 5.11 Å². The minimum absolute atomic E-state index is 0.125. The molecule has 0 spiro atoms. The average molecular weight is 452 g/mol. The number of aryl methyl sites for hydroxylation is 2. The maximum Gasteiger partial charge on any atom is 0.262 e. The fourth-order valence-corrected chi connectivity index (χ4v) is 4.34. The lowest BCUT2D eigenvalue weighted by Crippen LogP contribution is -2.17. The lowest BCUT2D eigenvalue weighted by Gasteiger charge is -2.15. The number of aliphatic imine (C=N–C) groups is 1. The number of hydrogen-bond donors (Lipinski definition) is 2. The van der Waals surface area contributed by atoms with E-state index in [2.05, 4.69) is 4.98 Å². The lowest BCUT2D eigenvalue weighted by molar-refractivity contribution is 0.431. The molecule has 4 aromatic rings. The van der Waals surface area contributed by atoms with Crippen LogP contribution in [0.1, 0.15) is 27.8 Å². The second-order valence-corrected chi connectivity index (χ2v) is 8.41. The van der Waals surface area contributed by atoms with Gasteiger partial charge in [-0.05, 0) is 55.4 Å². The van der Waals surface area contributed by atoms with Crippen LogP contribution in [0, 0.1) is 18.6 Å². The zero-order valence-corrected chi connectivity index (χ0v) is 19.0. The molecule has 0 atom stereocenters. The van der Waals surface area contributed by atoms with Gasteiger partial charge in [0.1, 0.15) is 5.56 Å². The number of H-pyrrole nitrogens is 1. The number of aromatic nitrogens is 2. The minimum Gasteiger partial charge on any atom is -0.494 e. The zero-order chi connectivity index (χ0) is 23.1. The SMILES string of the molecule is Cc1ccc(C)c(-n2c(O)c(/C=C3\C(c4ccccc4)=Nc4ccccc43)c(=O)[nH]c2=S)c1. The summed E-state index contributed by atoms with van der Waals surface area (Å²) in [5.74, 6) is -0.207. The number of aromatic amines is 1. The number of para-hydroxylation sites is 1. The van der Waals surface area contributed by atoms with Crippen LogP contribution in [0.3, 0.4) is 0 Å². The summed E-state index contributed by atoms with van der Waals surface area (Å²) in [5.41, 5.74) is 6.50.